The van der Waals surface area contributed by atoms with Crippen molar-refractivity contribution >= 4 is 12.3 Å². The molecule has 1 aliphatic carbocycles. The minimum atomic E-state index is -0.968. The predicted molar refractivity (Wildman–Crippen MR) is 79.5 cm³/mol. The first-order valence-corrected chi connectivity index (χ1v) is 6.87. The summed E-state index contributed by atoms with van der Waals surface area (Å²) in [6.07, 6.45) is 7.28. The molecule has 0 radical (unpaired) electrons. The monoisotopic (exact) mass is 298 g/mol. The quantitative estimate of drug-likeness (QED) is 0.723. The number of carbonyl (C=O) groups is 2. The topological polar surface area (TPSA) is 106 Å². The van der Waals surface area contributed by atoms with Crippen LogP contribution < -0.4 is 11.5 Å². The SMILES string of the molecule is NC1CCCCC1.NCC(=O)O.O=Cc1cccc(F)c1. The Kier molecular flexibility index (Phi) is 11.0. The summed E-state index contributed by atoms with van der Waals surface area (Å²) >= 11 is 0. The van der Waals surface area contributed by atoms with E-state index in [-0.39, 0.29) is 12.4 Å². The lowest BCUT2D eigenvalue weighted by Crippen LogP contribution is -2.22. The summed E-state index contributed by atoms with van der Waals surface area (Å²) in [7, 11) is 0. The average molecular weight is 298 g/mol. The van der Waals surface area contributed by atoms with Crippen LogP contribution in [-0.2, 0) is 4.79 Å². The zero-order valence-electron chi connectivity index (χ0n) is 12.0. The molecular formula is C15H23FN2O3. The summed E-state index contributed by atoms with van der Waals surface area (Å²) in [5.74, 6) is -1.34. The van der Waals surface area contributed by atoms with Crippen molar-refractivity contribution in [3.63, 3.8) is 0 Å². The van der Waals surface area contributed by atoms with E-state index < -0.39 is 5.97 Å². The highest BCUT2D eigenvalue weighted by molar-refractivity contribution is 5.74. The number of hydrogen-bond acceptors (Lipinski definition) is 4. The van der Waals surface area contributed by atoms with Crippen LogP contribution in [0.2, 0.25) is 0 Å². The van der Waals surface area contributed by atoms with Crippen LogP contribution in [0.1, 0.15) is 42.5 Å². The molecule has 0 bridgehead atoms. The highest BCUT2D eigenvalue weighted by Gasteiger charge is 2.06. The Morgan fingerprint density at radius 1 is 1.33 bits per heavy atom. The number of benzene rings is 1. The number of aldehydes is 1. The summed E-state index contributed by atoms with van der Waals surface area (Å²) in [6, 6.07) is 6.07. The van der Waals surface area contributed by atoms with Crippen molar-refractivity contribution in [3.8, 4) is 0 Å². The molecule has 1 aliphatic rings. The van der Waals surface area contributed by atoms with Gasteiger partial charge >= 0.3 is 5.97 Å². The van der Waals surface area contributed by atoms with Crippen molar-refractivity contribution in [1.29, 1.82) is 0 Å². The van der Waals surface area contributed by atoms with Gasteiger partial charge in [-0.1, -0.05) is 31.4 Å². The second-order valence-electron chi connectivity index (χ2n) is 4.67. The third kappa shape index (κ3) is 11.7. The van der Waals surface area contributed by atoms with Gasteiger partial charge in [-0.05, 0) is 25.0 Å². The van der Waals surface area contributed by atoms with Crippen LogP contribution in [0, 0.1) is 5.82 Å². The first-order valence-electron chi connectivity index (χ1n) is 6.87. The molecule has 0 atom stereocenters. The smallest absolute Gasteiger partial charge is 0.317 e. The predicted octanol–water partition coefficient (Wildman–Crippen LogP) is 1.95. The first-order chi connectivity index (χ1) is 9.99. The van der Waals surface area contributed by atoms with Crippen molar-refractivity contribution in [3.05, 3.63) is 35.6 Å². The standard InChI is InChI=1S/C7H5FO.C6H13N.C2H5NO2/c8-7-3-1-2-6(4-7)5-9;7-6-4-2-1-3-5-6;3-1-2(4)5/h1-5H;6H,1-5,7H2;1,3H2,(H,4,5). The van der Waals surface area contributed by atoms with Crippen LogP contribution in [0.3, 0.4) is 0 Å². The molecule has 0 saturated heterocycles. The van der Waals surface area contributed by atoms with Gasteiger partial charge in [0.05, 0.1) is 6.54 Å². The van der Waals surface area contributed by atoms with Crippen LogP contribution in [-0.4, -0.2) is 29.9 Å². The van der Waals surface area contributed by atoms with Crippen molar-refractivity contribution in [2.24, 2.45) is 11.5 Å². The van der Waals surface area contributed by atoms with E-state index in [2.05, 4.69) is 5.73 Å². The molecule has 1 fully saturated rings. The van der Waals surface area contributed by atoms with Gasteiger partial charge in [-0.25, -0.2) is 4.39 Å². The number of carbonyl (C=O) groups excluding carboxylic acids is 1. The lowest BCUT2D eigenvalue weighted by Gasteiger charge is -2.15. The molecule has 5 nitrogen and oxygen atoms in total. The fourth-order valence-electron chi connectivity index (χ4n) is 1.71. The molecule has 0 heterocycles. The Balaban J connectivity index is 0.000000300. The largest absolute Gasteiger partial charge is 0.480 e. The Bertz CT molecular complexity index is 421. The maximum atomic E-state index is 12.2. The highest BCUT2D eigenvalue weighted by atomic mass is 19.1. The normalized spacial score (nSPS) is 14.0. The number of rotatable bonds is 2. The molecule has 0 spiro atoms. The number of carboxylic acid groups (broad SMARTS) is 1. The van der Waals surface area contributed by atoms with E-state index in [0.29, 0.717) is 17.9 Å². The number of halogens is 1. The maximum Gasteiger partial charge on any atom is 0.317 e. The van der Waals surface area contributed by atoms with E-state index in [1.807, 2.05) is 0 Å². The second kappa shape index (κ2) is 12.0. The highest BCUT2D eigenvalue weighted by Crippen LogP contribution is 2.14. The van der Waals surface area contributed by atoms with Gasteiger partial charge in [0.15, 0.2) is 0 Å². The van der Waals surface area contributed by atoms with Crippen LogP contribution in [0.5, 0.6) is 0 Å². The molecule has 0 amide bonds. The van der Waals surface area contributed by atoms with Gasteiger partial charge in [0.25, 0.3) is 0 Å². The van der Waals surface area contributed by atoms with Gasteiger partial charge in [0.1, 0.15) is 12.1 Å². The average Bonchev–Trinajstić information content (AvgIpc) is 2.49. The Morgan fingerprint density at radius 3 is 2.19 bits per heavy atom. The van der Waals surface area contributed by atoms with Crippen LogP contribution in [0.4, 0.5) is 4.39 Å². The number of nitrogens with two attached hydrogens (primary N) is 2. The maximum absolute atomic E-state index is 12.2. The van der Waals surface area contributed by atoms with Gasteiger partial charge in [-0.15, -0.1) is 0 Å². The molecule has 1 saturated carbocycles. The van der Waals surface area contributed by atoms with Crippen molar-refractivity contribution < 1.29 is 19.1 Å². The minimum absolute atomic E-state index is 0.278. The second-order valence-corrected chi connectivity index (χ2v) is 4.67. The Labute approximate surface area is 124 Å². The molecule has 1 aromatic carbocycles. The van der Waals surface area contributed by atoms with Crippen LogP contribution >= 0.6 is 0 Å². The van der Waals surface area contributed by atoms with E-state index in [9.17, 15) is 14.0 Å². The molecule has 2 rings (SSSR count). The molecule has 21 heavy (non-hydrogen) atoms. The number of carboxylic acids is 1. The Morgan fingerprint density at radius 2 is 1.90 bits per heavy atom. The minimum Gasteiger partial charge on any atom is -0.480 e. The van der Waals surface area contributed by atoms with Gasteiger partial charge in [0.2, 0.25) is 0 Å². The molecule has 118 valence electrons. The first kappa shape index (κ1) is 19.2. The van der Waals surface area contributed by atoms with Crippen LogP contribution in [0.25, 0.3) is 0 Å². The van der Waals surface area contributed by atoms with E-state index in [1.54, 1.807) is 6.07 Å². The van der Waals surface area contributed by atoms with E-state index >= 15 is 0 Å². The van der Waals surface area contributed by atoms with Crippen LogP contribution in [0.15, 0.2) is 24.3 Å². The molecule has 1 aromatic rings. The zero-order chi connectivity index (χ0) is 16.1. The van der Waals surface area contributed by atoms with E-state index in [4.69, 9.17) is 10.8 Å². The van der Waals surface area contributed by atoms with Gasteiger partial charge < -0.3 is 16.6 Å². The van der Waals surface area contributed by atoms with Crippen molar-refractivity contribution in [2.75, 3.05) is 6.54 Å². The Hall–Kier alpha value is -1.79. The molecule has 0 aliphatic heterocycles. The number of hydrogen-bond donors (Lipinski definition) is 3. The summed E-state index contributed by atoms with van der Waals surface area (Å²) in [5.41, 5.74) is 10.6. The fourth-order valence-corrected chi connectivity index (χ4v) is 1.71. The van der Waals surface area contributed by atoms with Crippen molar-refractivity contribution in [2.45, 2.75) is 38.1 Å². The summed E-state index contributed by atoms with van der Waals surface area (Å²) in [5, 5.41) is 7.60. The molecular weight excluding hydrogens is 275 g/mol. The van der Waals surface area contributed by atoms with Gasteiger partial charge in [-0.3, -0.25) is 9.59 Å². The lowest BCUT2D eigenvalue weighted by atomic mass is 9.97. The molecule has 5 N–H and O–H groups in total. The molecule has 0 unspecified atom stereocenters. The summed E-state index contributed by atoms with van der Waals surface area (Å²) in [4.78, 5) is 19.2. The third-order valence-electron chi connectivity index (χ3n) is 2.81. The summed E-state index contributed by atoms with van der Waals surface area (Å²) in [6.45, 7) is -0.278. The molecule has 0 aromatic heterocycles. The fraction of sp³-hybridized carbons (Fsp3) is 0.467. The van der Waals surface area contributed by atoms with Gasteiger partial charge in [0, 0.05) is 11.6 Å². The van der Waals surface area contributed by atoms with E-state index in [1.165, 1.54) is 50.3 Å². The number of aliphatic carboxylic acids is 1. The molecule has 6 heteroatoms. The summed E-state index contributed by atoms with van der Waals surface area (Å²) < 4.78 is 12.2. The lowest BCUT2D eigenvalue weighted by molar-refractivity contribution is -0.135. The zero-order valence-corrected chi connectivity index (χ0v) is 12.0. The van der Waals surface area contributed by atoms with E-state index in [0.717, 1.165) is 0 Å². The van der Waals surface area contributed by atoms with Crippen molar-refractivity contribution in [1.82, 2.24) is 0 Å². The van der Waals surface area contributed by atoms with Gasteiger partial charge in [-0.2, -0.15) is 0 Å². The third-order valence-corrected chi connectivity index (χ3v) is 2.81.